The molecule has 2 heterocycles. The summed E-state index contributed by atoms with van der Waals surface area (Å²) in [6.45, 7) is 2.00. The Morgan fingerprint density at radius 2 is 1.88 bits per heavy atom. The Morgan fingerprint density at radius 1 is 1.16 bits per heavy atom. The van der Waals surface area contributed by atoms with Crippen molar-refractivity contribution in [3.63, 3.8) is 0 Å². The molecule has 7 nitrogen and oxygen atoms in total. The molecule has 1 aromatic heterocycles. The van der Waals surface area contributed by atoms with Crippen LogP contribution in [0.3, 0.4) is 0 Å². The zero-order chi connectivity index (χ0) is 23.0. The average Bonchev–Trinajstić information content (AvgIpc) is 3.59. The van der Waals surface area contributed by atoms with Crippen molar-refractivity contribution < 1.29 is 9.59 Å². The number of hydrogen-bond donors (Lipinski definition) is 2. The second-order valence-corrected chi connectivity index (χ2v) is 9.95. The van der Waals surface area contributed by atoms with Crippen molar-refractivity contribution in [1.82, 2.24) is 14.3 Å². The molecule has 2 aromatic rings. The van der Waals surface area contributed by atoms with Crippen LogP contribution in [0, 0.1) is 5.92 Å². The third-order valence-electron chi connectivity index (χ3n) is 5.29. The van der Waals surface area contributed by atoms with Gasteiger partial charge in [0.15, 0.2) is 5.82 Å². The Labute approximate surface area is 212 Å². The zero-order valence-corrected chi connectivity index (χ0v) is 21.5. The molecule has 2 unspecified atom stereocenters. The number of benzene rings is 1. The van der Waals surface area contributed by atoms with E-state index in [0.29, 0.717) is 28.0 Å². The molecule has 0 spiro atoms. The van der Waals surface area contributed by atoms with Crippen molar-refractivity contribution in [3.05, 3.63) is 63.9 Å². The molecule has 1 aliphatic carbocycles. The minimum Gasteiger partial charge on any atom is -0.349 e. The molecule has 0 radical (unpaired) electrons. The summed E-state index contributed by atoms with van der Waals surface area (Å²) in [5.41, 5.74) is 0.866. The highest BCUT2D eigenvalue weighted by Gasteiger charge is 2.42. The molecular weight excluding hydrogens is 585 g/mol. The lowest BCUT2D eigenvalue weighted by Gasteiger charge is -2.27. The molecule has 32 heavy (non-hydrogen) atoms. The minimum atomic E-state index is -0.527. The summed E-state index contributed by atoms with van der Waals surface area (Å²) in [7, 11) is 0. The first-order chi connectivity index (χ1) is 15.3. The van der Waals surface area contributed by atoms with E-state index in [2.05, 4.69) is 47.7 Å². The minimum absolute atomic E-state index is 0.0798. The van der Waals surface area contributed by atoms with Gasteiger partial charge in [0.05, 0.1) is 21.3 Å². The molecule has 11 heteroatoms. The predicted octanol–water partition coefficient (Wildman–Crippen LogP) is 5.42. The van der Waals surface area contributed by atoms with Crippen molar-refractivity contribution in [2.75, 3.05) is 10.3 Å². The summed E-state index contributed by atoms with van der Waals surface area (Å²) in [5.74, 6) is 0.0803. The highest BCUT2D eigenvalue weighted by atomic mass is 79.9. The summed E-state index contributed by atoms with van der Waals surface area (Å²) in [6, 6.07) is 10.3. The fourth-order valence-corrected chi connectivity index (χ4v) is 4.90. The first-order valence-corrected chi connectivity index (χ1v) is 12.3. The van der Waals surface area contributed by atoms with Gasteiger partial charge in [-0.2, -0.15) is 0 Å². The molecule has 2 aliphatic rings. The topological polar surface area (TPSA) is 77.6 Å². The van der Waals surface area contributed by atoms with Crippen LogP contribution in [0.25, 0.3) is 0 Å². The van der Waals surface area contributed by atoms with Crippen molar-refractivity contribution in [2.45, 2.75) is 30.8 Å². The van der Waals surface area contributed by atoms with Crippen LogP contribution in [0.5, 0.6) is 0 Å². The van der Waals surface area contributed by atoms with Crippen LogP contribution < -0.4 is 15.6 Å². The van der Waals surface area contributed by atoms with Gasteiger partial charge < -0.3 is 10.6 Å². The second kappa shape index (κ2) is 9.69. The summed E-state index contributed by atoms with van der Waals surface area (Å²) in [4.78, 5) is 30.0. The average molecular weight is 604 g/mol. The Hall–Kier alpha value is -1.65. The van der Waals surface area contributed by atoms with Crippen LogP contribution in [-0.2, 0) is 4.79 Å². The molecule has 1 saturated carbocycles. The number of alkyl halides is 1. The standard InChI is InChI=1S/C21H19Br2Cl2N5O2/c1-11(12-8-9-12)27-20(31)13-5-2-3-7-15(13)28-21(32)17-16(25)18(22)30(23)29(17)19-14(24)6-4-10-26-19/h2-7,10-12,18H,8-9H2,1H3,(H,27,31)(H,28,32). The zero-order valence-electron chi connectivity index (χ0n) is 16.9. The number of nitrogens with one attached hydrogen (secondary N) is 2. The maximum absolute atomic E-state index is 13.4. The molecule has 1 aromatic carbocycles. The van der Waals surface area contributed by atoms with Crippen LogP contribution in [-0.4, -0.2) is 31.8 Å². The number of amides is 2. The summed E-state index contributed by atoms with van der Waals surface area (Å²) < 4.78 is 1.52. The third-order valence-corrected chi connectivity index (χ3v) is 8.35. The number of hydrogen-bond acceptors (Lipinski definition) is 5. The molecule has 0 bridgehead atoms. The van der Waals surface area contributed by atoms with Crippen molar-refractivity contribution >= 4 is 78.6 Å². The first kappa shape index (κ1) is 23.5. The second-order valence-electron chi connectivity index (χ2n) is 7.54. The molecule has 168 valence electrons. The summed E-state index contributed by atoms with van der Waals surface area (Å²) in [5, 5.41) is 7.87. The summed E-state index contributed by atoms with van der Waals surface area (Å²) >= 11 is 19.7. The normalized spacial score (nSPS) is 19.8. The molecule has 0 saturated heterocycles. The molecule has 1 aliphatic heterocycles. The number of anilines is 2. The van der Waals surface area contributed by atoms with E-state index < -0.39 is 10.9 Å². The van der Waals surface area contributed by atoms with E-state index in [0.717, 1.165) is 12.8 Å². The number of carbonyl (C=O) groups is 2. The highest BCUT2D eigenvalue weighted by molar-refractivity contribution is 9.11. The number of halogens is 4. The first-order valence-electron chi connectivity index (χ1n) is 9.90. The van der Waals surface area contributed by atoms with Gasteiger partial charge in [0.1, 0.15) is 10.6 Å². The number of aromatic nitrogens is 1. The number of carbonyl (C=O) groups excluding carboxylic acids is 2. The van der Waals surface area contributed by atoms with E-state index in [9.17, 15) is 9.59 Å². The Balaban J connectivity index is 1.62. The van der Waals surface area contributed by atoms with Gasteiger partial charge >= 0.3 is 0 Å². The van der Waals surface area contributed by atoms with Crippen LogP contribution in [0.1, 0.15) is 30.1 Å². The molecule has 1 fully saturated rings. The van der Waals surface area contributed by atoms with Crippen molar-refractivity contribution in [1.29, 1.82) is 0 Å². The van der Waals surface area contributed by atoms with Crippen LogP contribution in [0.4, 0.5) is 11.5 Å². The Kier molecular flexibility index (Phi) is 7.11. The van der Waals surface area contributed by atoms with Gasteiger partial charge in [-0.25, -0.2) is 9.99 Å². The van der Waals surface area contributed by atoms with E-state index in [1.807, 2.05) is 6.92 Å². The molecular formula is C21H19Br2Cl2N5O2. The van der Waals surface area contributed by atoms with Crippen molar-refractivity contribution in [3.8, 4) is 0 Å². The van der Waals surface area contributed by atoms with E-state index in [1.165, 1.54) is 9.04 Å². The number of pyridine rings is 1. The van der Waals surface area contributed by atoms with Gasteiger partial charge in [-0.15, -0.1) is 4.03 Å². The molecule has 4 rings (SSSR count). The van der Waals surface area contributed by atoms with Crippen LogP contribution in [0.15, 0.2) is 53.3 Å². The van der Waals surface area contributed by atoms with Crippen LogP contribution in [0.2, 0.25) is 5.02 Å². The van der Waals surface area contributed by atoms with Crippen molar-refractivity contribution in [2.24, 2.45) is 5.92 Å². The monoisotopic (exact) mass is 601 g/mol. The predicted molar refractivity (Wildman–Crippen MR) is 133 cm³/mol. The lowest BCUT2D eigenvalue weighted by Crippen LogP contribution is -2.37. The quantitative estimate of drug-likeness (QED) is 0.262. The van der Waals surface area contributed by atoms with Gasteiger partial charge in [0, 0.05) is 28.4 Å². The number of hydrazine groups is 1. The van der Waals surface area contributed by atoms with Crippen LogP contribution >= 0.6 is 55.3 Å². The Morgan fingerprint density at radius 3 is 2.56 bits per heavy atom. The Bertz CT molecular complexity index is 1100. The lowest BCUT2D eigenvalue weighted by atomic mass is 10.1. The number of rotatable bonds is 6. The maximum atomic E-state index is 13.4. The van der Waals surface area contributed by atoms with Gasteiger partial charge in [0.25, 0.3) is 11.8 Å². The maximum Gasteiger partial charge on any atom is 0.275 e. The fraction of sp³-hybridized carbons (Fsp3) is 0.286. The SMILES string of the molecule is CC(NC(=O)c1ccccc1NC(=O)C1=C(Cl)C(Br)N(Br)N1c1ncccc1Cl)C1CC1. The summed E-state index contributed by atoms with van der Waals surface area (Å²) in [6.07, 6.45) is 3.80. The van der Waals surface area contributed by atoms with Gasteiger partial charge in [-0.3, -0.25) is 9.59 Å². The van der Waals surface area contributed by atoms with Gasteiger partial charge in [0.2, 0.25) is 0 Å². The van der Waals surface area contributed by atoms with E-state index in [-0.39, 0.29) is 22.7 Å². The molecule has 2 N–H and O–H groups in total. The lowest BCUT2D eigenvalue weighted by molar-refractivity contribution is -0.113. The van der Waals surface area contributed by atoms with Gasteiger partial charge in [-0.05, 0) is 49.9 Å². The van der Waals surface area contributed by atoms with E-state index >= 15 is 0 Å². The fourth-order valence-electron chi connectivity index (χ4n) is 3.41. The van der Waals surface area contributed by atoms with E-state index in [1.54, 1.807) is 42.6 Å². The van der Waals surface area contributed by atoms with E-state index in [4.69, 9.17) is 23.2 Å². The largest absolute Gasteiger partial charge is 0.349 e. The molecule has 2 amide bonds. The number of para-hydroxylation sites is 1. The molecule has 2 atom stereocenters. The van der Waals surface area contributed by atoms with Gasteiger partial charge in [-0.1, -0.05) is 51.3 Å². The third kappa shape index (κ3) is 4.68. The number of nitrogens with zero attached hydrogens (tertiary/aromatic N) is 3. The highest BCUT2D eigenvalue weighted by Crippen LogP contribution is 2.42. The smallest absolute Gasteiger partial charge is 0.275 e.